The van der Waals surface area contributed by atoms with Crippen LogP contribution in [0.1, 0.15) is 10.4 Å². The highest BCUT2D eigenvalue weighted by atomic mass is 79.9. The molecule has 6 heteroatoms. The number of hydrogen-bond donors (Lipinski definition) is 1. The molecule has 0 spiro atoms. The summed E-state index contributed by atoms with van der Waals surface area (Å²) in [6.45, 7) is -2.96. The van der Waals surface area contributed by atoms with E-state index >= 15 is 0 Å². The Bertz CT molecular complexity index is 371. The van der Waals surface area contributed by atoms with Crippen molar-refractivity contribution in [1.82, 2.24) is 5.32 Å². The quantitative estimate of drug-likeness (QED) is 0.923. The zero-order valence-corrected chi connectivity index (χ0v) is 9.35. The van der Waals surface area contributed by atoms with E-state index in [4.69, 9.17) is 0 Å². The number of carbonyl (C=O) groups excluding carboxylic acids is 1. The smallest absolute Gasteiger partial charge is 0.387 e. The van der Waals surface area contributed by atoms with Crippen LogP contribution in [-0.2, 0) is 0 Å². The van der Waals surface area contributed by atoms with Crippen LogP contribution in [0.4, 0.5) is 8.78 Å². The molecule has 1 rings (SSSR count). The minimum atomic E-state index is -2.96. The maximum Gasteiger partial charge on any atom is 0.387 e. The zero-order chi connectivity index (χ0) is 11.4. The summed E-state index contributed by atoms with van der Waals surface area (Å²) in [7, 11) is 1.41. The summed E-state index contributed by atoms with van der Waals surface area (Å²) < 4.78 is 28.8. The fourth-order valence-electron chi connectivity index (χ4n) is 1.01. The molecule has 0 fully saturated rings. The van der Waals surface area contributed by atoms with E-state index in [1.807, 2.05) is 0 Å². The largest absolute Gasteiger partial charge is 0.434 e. The lowest BCUT2D eigenvalue weighted by Crippen LogP contribution is -2.19. The lowest BCUT2D eigenvalue weighted by Gasteiger charge is -2.09. The molecule has 1 N–H and O–H groups in total. The minimum Gasteiger partial charge on any atom is -0.434 e. The Morgan fingerprint density at radius 3 is 2.73 bits per heavy atom. The third-order valence-corrected chi connectivity index (χ3v) is 2.12. The first-order valence-electron chi connectivity index (χ1n) is 4.01. The summed E-state index contributed by atoms with van der Waals surface area (Å²) in [5.74, 6) is -0.628. The number of hydrogen-bond acceptors (Lipinski definition) is 2. The van der Waals surface area contributed by atoms with Gasteiger partial charge in [-0.05, 0) is 18.2 Å². The van der Waals surface area contributed by atoms with Crippen LogP contribution in [0, 0.1) is 0 Å². The van der Waals surface area contributed by atoms with E-state index in [0.717, 1.165) is 0 Å². The SMILES string of the molecule is CNC(=O)c1ccc(Br)cc1OC(F)F. The van der Waals surface area contributed by atoms with E-state index in [9.17, 15) is 13.6 Å². The van der Waals surface area contributed by atoms with Gasteiger partial charge in [-0.1, -0.05) is 15.9 Å². The molecular weight excluding hydrogens is 272 g/mol. The molecule has 0 aliphatic heterocycles. The highest BCUT2D eigenvalue weighted by Crippen LogP contribution is 2.25. The molecule has 0 atom stereocenters. The maximum atomic E-state index is 12.0. The summed E-state index contributed by atoms with van der Waals surface area (Å²) in [6, 6.07) is 4.29. The first-order chi connectivity index (χ1) is 7.04. The number of benzene rings is 1. The second kappa shape index (κ2) is 5.06. The molecule has 0 radical (unpaired) electrons. The van der Waals surface area contributed by atoms with Gasteiger partial charge in [0.25, 0.3) is 5.91 Å². The van der Waals surface area contributed by atoms with Crippen molar-refractivity contribution in [2.45, 2.75) is 6.61 Å². The van der Waals surface area contributed by atoms with Gasteiger partial charge in [-0.25, -0.2) is 0 Å². The van der Waals surface area contributed by atoms with Crippen molar-refractivity contribution in [3.63, 3.8) is 0 Å². The highest BCUT2D eigenvalue weighted by molar-refractivity contribution is 9.10. The third-order valence-electron chi connectivity index (χ3n) is 1.63. The van der Waals surface area contributed by atoms with Gasteiger partial charge in [-0.3, -0.25) is 4.79 Å². The standard InChI is InChI=1S/C9H8BrF2NO2/c1-13-8(14)6-3-2-5(10)4-7(6)15-9(11)12/h2-4,9H,1H3,(H,13,14). The minimum absolute atomic E-state index is 0.0704. The summed E-state index contributed by atoms with van der Waals surface area (Å²) in [5, 5.41) is 2.34. The van der Waals surface area contributed by atoms with Crippen LogP contribution >= 0.6 is 15.9 Å². The summed E-state index contributed by atoms with van der Waals surface area (Å²) in [5.41, 5.74) is 0.0704. The predicted molar refractivity (Wildman–Crippen MR) is 54.2 cm³/mol. The van der Waals surface area contributed by atoms with Crippen molar-refractivity contribution >= 4 is 21.8 Å². The van der Waals surface area contributed by atoms with Gasteiger partial charge in [-0.15, -0.1) is 0 Å². The van der Waals surface area contributed by atoms with Gasteiger partial charge < -0.3 is 10.1 Å². The fourth-order valence-corrected chi connectivity index (χ4v) is 1.35. The molecule has 0 unspecified atom stereocenters. The summed E-state index contributed by atoms with van der Waals surface area (Å²) in [4.78, 5) is 11.3. The molecule has 0 saturated heterocycles. The van der Waals surface area contributed by atoms with Crippen LogP contribution < -0.4 is 10.1 Å². The molecule has 1 aromatic carbocycles. The Hall–Kier alpha value is -1.17. The third kappa shape index (κ3) is 3.16. The number of halogens is 3. The molecule has 0 bridgehead atoms. The van der Waals surface area contributed by atoms with Gasteiger partial charge in [0.2, 0.25) is 0 Å². The first-order valence-corrected chi connectivity index (χ1v) is 4.80. The maximum absolute atomic E-state index is 12.0. The van der Waals surface area contributed by atoms with E-state index in [1.54, 1.807) is 6.07 Å². The first kappa shape index (κ1) is 11.9. The van der Waals surface area contributed by atoms with Gasteiger partial charge in [0.05, 0.1) is 5.56 Å². The Morgan fingerprint density at radius 1 is 1.53 bits per heavy atom. The van der Waals surface area contributed by atoms with Crippen LogP contribution in [0.2, 0.25) is 0 Å². The molecule has 15 heavy (non-hydrogen) atoms. The van der Waals surface area contributed by atoms with Crippen molar-refractivity contribution < 1.29 is 18.3 Å². The van der Waals surface area contributed by atoms with Gasteiger partial charge in [0, 0.05) is 11.5 Å². The number of nitrogens with one attached hydrogen (secondary N) is 1. The molecule has 0 aliphatic carbocycles. The molecule has 1 amide bonds. The number of ether oxygens (including phenoxy) is 1. The predicted octanol–water partition coefficient (Wildman–Crippen LogP) is 2.41. The molecular formula is C9H8BrF2NO2. The normalized spacial score (nSPS) is 10.2. The molecule has 0 heterocycles. The van der Waals surface area contributed by atoms with Crippen molar-refractivity contribution in [3.05, 3.63) is 28.2 Å². The van der Waals surface area contributed by atoms with Crippen LogP contribution in [0.25, 0.3) is 0 Å². The monoisotopic (exact) mass is 279 g/mol. The number of amides is 1. The molecule has 82 valence electrons. The Morgan fingerprint density at radius 2 is 2.20 bits per heavy atom. The highest BCUT2D eigenvalue weighted by Gasteiger charge is 2.14. The van der Waals surface area contributed by atoms with Crippen molar-refractivity contribution in [3.8, 4) is 5.75 Å². The lowest BCUT2D eigenvalue weighted by molar-refractivity contribution is -0.0502. The molecule has 0 aromatic heterocycles. The average Bonchev–Trinajstić information content (AvgIpc) is 2.16. The van der Waals surface area contributed by atoms with Crippen LogP contribution in [-0.4, -0.2) is 19.6 Å². The van der Waals surface area contributed by atoms with E-state index < -0.39 is 12.5 Å². The second-order valence-corrected chi connectivity index (χ2v) is 3.51. The van der Waals surface area contributed by atoms with Crippen molar-refractivity contribution in [2.24, 2.45) is 0 Å². The van der Waals surface area contributed by atoms with Gasteiger partial charge in [0.1, 0.15) is 5.75 Å². The van der Waals surface area contributed by atoms with Crippen LogP contribution in [0.15, 0.2) is 22.7 Å². The second-order valence-electron chi connectivity index (χ2n) is 2.60. The van der Waals surface area contributed by atoms with Crippen molar-refractivity contribution in [1.29, 1.82) is 0 Å². The van der Waals surface area contributed by atoms with Gasteiger partial charge in [0.15, 0.2) is 0 Å². The number of rotatable bonds is 3. The Labute approximate surface area is 93.5 Å². The van der Waals surface area contributed by atoms with Gasteiger partial charge >= 0.3 is 6.61 Å². The zero-order valence-electron chi connectivity index (χ0n) is 7.76. The van der Waals surface area contributed by atoms with Crippen LogP contribution in [0.3, 0.4) is 0 Å². The number of alkyl halides is 2. The van der Waals surface area contributed by atoms with E-state index in [0.29, 0.717) is 4.47 Å². The fraction of sp³-hybridized carbons (Fsp3) is 0.222. The molecule has 1 aromatic rings. The lowest BCUT2D eigenvalue weighted by atomic mass is 10.2. The van der Waals surface area contributed by atoms with E-state index in [2.05, 4.69) is 26.0 Å². The number of carbonyl (C=O) groups is 1. The molecule has 3 nitrogen and oxygen atoms in total. The topological polar surface area (TPSA) is 38.3 Å². The van der Waals surface area contributed by atoms with Crippen molar-refractivity contribution in [2.75, 3.05) is 7.05 Å². The molecule has 0 aliphatic rings. The average molecular weight is 280 g/mol. The Kier molecular flexibility index (Phi) is 4.02. The van der Waals surface area contributed by atoms with E-state index in [1.165, 1.54) is 19.2 Å². The summed E-state index contributed by atoms with van der Waals surface area (Å²) in [6.07, 6.45) is 0. The van der Waals surface area contributed by atoms with Crippen LogP contribution in [0.5, 0.6) is 5.75 Å². The van der Waals surface area contributed by atoms with Gasteiger partial charge in [-0.2, -0.15) is 8.78 Å². The Balaban J connectivity index is 3.08. The summed E-state index contributed by atoms with van der Waals surface area (Å²) >= 11 is 3.10. The van der Waals surface area contributed by atoms with E-state index in [-0.39, 0.29) is 11.3 Å². The molecule has 0 saturated carbocycles.